The van der Waals surface area contributed by atoms with Crippen LogP contribution in [0.15, 0.2) is 24.4 Å². The van der Waals surface area contributed by atoms with Crippen LogP contribution in [-0.4, -0.2) is 40.7 Å². The highest BCUT2D eigenvalue weighted by Gasteiger charge is 2.31. The van der Waals surface area contributed by atoms with Crippen LogP contribution in [0.3, 0.4) is 0 Å². The van der Waals surface area contributed by atoms with Crippen LogP contribution in [0.25, 0.3) is 0 Å². The van der Waals surface area contributed by atoms with Crippen LogP contribution in [0, 0.1) is 5.92 Å². The van der Waals surface area contributed by atoms with Gasteiger partial charge in [-0.3, -0.25) is 9.88 Å². The fourth-order valence-electron chi connectivity index (χ4n) is 2.92. The highest BCUT2D eigenvalue weighted by molar-refractivity contribution is 5.11. The molecule has 3 N–H and O–H groups in total. The van der Waals surface area contributed by atoms with E-state index in [1.54, 1.807) is 0 Å². The molecule has 4 nitrogen and oxygen atoms in total. The Bertz CT molecular complexity index is 378. The Hall–Kier alpha value is -0.970. The van der Waals surface area contributed by atoms with Crippen molar-refractivity contribution in [3.05, 3.63) is 30.1 Å². The molecule has 1 aromatic rings. The second kappa shape index (κ2) is 6.46. The van der Waals surface area contributed by atoms with Crippen molar-refractivity contribution < 1.29 is 5.11 Å². The Morgan fingerprint density at radius 1 is 1.47 bits per heavy atom. The van der Waals surface area contributed by atoms with Crippen molar-refractivity contribution in [1.82, 2.24) is 9.88 Å². The Morgan fingerprint density at radius 3 is 2.74 bits per heavy atom. The Kier molecular flexibility index (Phi) is 4.91. The highest BCUT2D eigenvalue weighted by atomic mass is 16.3. The van der Waals surface area contributed by atoms with Gasteiger partial charge >= 0.3 is 0 Å². The lowest BCUT2D eigenvalue weighted by molar-refractivity contribution is 0.0193. The first-order valence-corrected chi connectivity index (χ1v) is 7.16. The molecule has 1 heterocycles. The molecule has 2 rings (SSSR count). The third-order valence-corrected chi connectivity index (χ3v) is 4.10. The van der Waals surface area contributed by atoms with Crippen LogP contribution in [-0.2, 0) is 0 Å². The smallest absolute Gasteiger partial charge is 0.0671 e. The maximum absolute atomic E-state index is 9.39. The van der Waals surface area contributed by atoms with Gasteiger partial charge in [0, 0.05) is 18.8 Å². The van der Waals surface area contributed by atoms with Gasteiger partial charge in [0.25, 0.3) is 0 Å². The van der Waals surface area contributed by atoms with E-state index < -0.39 is 0 Å². The minimum absolute atomic E-state index is 0.0879. The maximum atomic E-state index is 9.39. The first-order chi connectivity index (χ1) is 9.11. The summed E-state index contributed by atoms with van der Waals surface area (Å²) in [5.41, 5.74) is 7.32. The van der Waals surface area contributed by atoms with Crippen LogP contribution in [0.5, 0.6) is 0 Å². The number of aliphatic hydroxyl groups is 1. The van der Waals surface area contributed by atoms with Crippen LogP contribution < -0.4 is 5.73 Å². The van der Waals surface area contributed by atoms with Crippen molar-refractivity contribution in [3.8, 4) is 0 Å². The largest absolute Gasteiger partial charge is 0.393 e. The topological polar surface area (TPSA) is 62.4 Å². The number of pyridine rings is 1. The normalized spacial score (nSPS) is 25.9. The Labute approximate surface area is 115 Å². The standard InChI is InChI=1S/C15H25N3O/c1-3-13(16)15(14-6-4-5-7-17-14)18(2)10-11-8-12(19)9-11/h4-7,11-13,15,19H,3,8-10,16H2,1-2H3. The molecule has 0 bridgehead atoms. The summed E-state index contributed by atoms with van der Waals surface area (Å²) in [4.78, 5) is 6.76. The van der Waals surface area contributed by atoms with E-state index in [0.29, 0.717) is 5.92 Å². The molecule has 1 aliphatic rings. The highest BCUT2D eigenvalue weighted by Crippen LogP contribution is 2.31. The van der Waals surface area contributed by atoms with Crippen molar-refractivity contribution in [1.29, 1.82) is 0 Å². The first-order valence-electron chi connectivity index (χ1n) is 7.16. The molecule has 19 heavy (non-hydrogen) atoms. The summed E-state index contributed by atoms with van der Waals surface area (Å²) in [6.45, 7) is 3.09. The lowest BCUT2D eigenvalue weighted by Gasteiger charge is -2.39. The summed E-state index contributed by atoms with van der Waals surface area (Å²) in [5.74, 6) is 0.593. The number of nitrogens with two attached hydrogens (primary N) is 1. The van der Waals surface area contributed by atoms with Gasteiger partial charge in [0.15, 0.2) is 0 Å². The molecule has 0 saturated heterocycles. The quantitative estimate of drug-likeness (QED) is 0.817. The number of aromatic nitrogens is 1. The van der Waals surface area contributed by atoms with Crippen molar-refractivity contribution in [2.75, 3.05) is 13.6 Å². The fraction of sp³-hybridized carbons (Fsp3) is 0.667. The summed E-state index contributed by atoms with van der Waals surface area (Å²) in [6.07, 6.45) is 4.50. The Morgan fingerprint density at radius 2 is 2.21 bits per heavy atom. The SMILES string of the molecule is CCC(N)C(c1ccccn1)N(C)CC1CC(O)C1. The average Bonchev–Trinajstić information content (AvgIpc) is 2.38. The second-order valence-corrected chi connectivity index (χ2v) is 5.70. The van der Waals surface area contributed by atoms with Crippen molar-refractivity contribution >= 4 is 0 Å². The number of nitrogens with zero attached hydrogens (tertiary/aromatic N) is 2. The lowest BCUT2D eigenvalue weighted by Crippen LogP contribution is -2.44. The Balaban J connectivity index is 2.04. The summed E-state index contributed by atoms with van der Waals surface area (Å²) < 4.78 is 0. The van der Waals surface area contributed by atoms with Gasteiger partial charge in [-0.05, 0) is 44.4 Å². The predicted octanol–water partition coefficient (Wildman–Crippen LogP) is 1.56. The minimum Gasteiger partial charge on any atom is -0.393 e. The number of hydrogen-bond acceptors (Lipinski definition) is 4. The van der Waals surface area contributed by atoms with Gasteiger partial charge in [0.1, 0.15) is 0 Å². The zero-order valence-electron chi connectivity index (χ0n) is 11.9. The van der Waals surface area contributed by atoms with E-state index in [1.165, 1.54) is 0 Å². The molecule has 0 amide bonds. The molecule has 1 aromatic heterocycles. The van der Waals surface area contributed by atoms with Gasteiger partial charge < -0.3 is 10.8 Å². The number of hydrogen-bond donors (Lipinski definition) is 2. The van der Waals surface area contributed by atoms with E-state index in [4.69, 9.17) is 5.73 Å². The lowest BCUT2D eigenvalue weighted by atomic mass is 9.81. The van der Waals surface area contributed by atoms with E-state index in [9.17, 15) is 5.11 Å². The molecule has 2 atom stereocenters. The molecule has 0 aromatic carbocycles. The van der Waals surface area contributed by atoms with Gasteiger partial charge in [-0.15, -0.1) is 0 Å². The molecule has 0 spiro atoms. The molecule has 1 saturated carbocycles. The zero-order valence-corrected chi connectivity index (χ0v) is 11.9. The van der Waals surface area contributed by atoms with Gasteiger partial charge in [-0.1, -0.05) is 13.0 Å². The van der Waals surface area contributed by atoms with Gasteiger partial charge in [-0.2, -0.15) is 0 Å². The summed E-state index contributed by atoms with van der Waals surface area (Å²) in [6, 6.07) is 6.24. The molecular formula is C15H25N3O. The molecule has 106 valence electrons. The number of likely N-dealkylation sites (N-methyl/N-ethyl adjacent to an activating group) is 1. The van der Waals surface area contributed by atoms with Gasteiger partial charge in [-0.25, -0.2) is 0 Å². The molecule has 4 heteroatoms. The van der Waals surface area contributed by atoms with E-state index >= 15 is 0 Å². The van der Waals surface area contributed by atoms with Crippen molar-refractivity contribution in [2.24, 2.45) is 11.7 Å². The third-order valence-electron chi connectivity index (χ3n) is 4.10. The van der Waals surface area contributed by atoms with Gasteiger partial charge in [0.05, 0.1) is 17.8 Å². The summed E-state index contributed by atoms with van der Waals surface area (Å²) in [5, 5.41) is 9.39. The van der Waals surface area contributed by atoms with Crippen LogP contribution in [0.2, 0.25) is 0 Å². The zero-order chi connectivity index (χ0) is 13.8. The van der Waals surface area contributed by atoms with Crippen LogP contribution in [0.1, 0.15) is 37.9 Å². The first kappa shape index (κ1) is 14.4. The summed E-state index contributed by atoms with van der Waals surface area (Å²) >= 11 is 0. The second-order valence-electron chi connectivity index (χ2n) is 5.70. The maximum Gasteiger partial charge on any atom is 0.0671 e. The van der Waals surface area contributed by atoms with Crippen LogP contribution >= 0.6 is 0 Å². The van der Waals surface area contributed by atoms with Crippen LogP contribution in [0.4, 0.5) is 0 Å². The molecule has 0 aliphatic heterocycles. The van der Waals surface area contributed by atoms with E-state index in [-0.39, 0.29) is 18.2 Å². The monoisotopic (exact) mass is 263 g/mol. The fourth-order valence-corrected chi connectivity index (χ4v) is 2.92. The molecule has 0 radical (unpaired) electrons. The van der Waals surface area contributed by atoms with E-state index in [1.807, 2.05) is 24.4 Å². The van der Waals surface area contributed by atoms with Crippen molar-refractivity contribution in [3.63, 3.8) is 0 Å². The predicted molar refractivity (Wildman–Crippen MR) is 76.6 cm³/mol. The molecular weight excluding hydrogens is 238 g/mol. The average molecular weight is 263 g/mol. The van der Waals surface area contributed by atoms with Crippen molar-refractivity contribution in [2.45, 2.75) is 44.4 Å². The van der Waals surface area contributed by atoms with Gasteiger partial charge in [0.2, 0.25) is 0 Å². The third kappa shape index (κ3) is 3.53. The molecule has 1 aliphatic carbocycles. The number of aliphatic hydroxyl groups excluding tert-OH is 1. The molecule has 1 fully saturated rings. The summed E-state index contributed by atoms with van der Waals surface area (Å²) in [7, 11) is 2.11. The van der Waals surface area contributed by atoms with E-state index in [0.717, 1.165) is 31.5 Å². The number of rotatable bonds is 6. The molecule has 2 unspecified atom stereocenters. The van der Waals surface area contributed by atoms with E-state index in [2.05, 4.69) is 23.9 Å². The minimum atomic E-state index is -0.0912.